The maximum absolute atomic E-state index is 5.82. The number of nitrogens with zero attached hydrogens (tertiary/aromatic N) is 4. The number of aromatic nitrogens is 3. The third-order valence-electron chi connectivity index (χ3n) is 3.40. The number of ether oxygens (including phenoxy) is 2. The van der Waals surface area contributed by atoms with E-state index < -0.39 is 0 Å². The van der Waals surface area contributed by atoms with Crippen molar-refractivity contribution >= 4 is 11.9 Å². The zero-order chi connectivity index (χ0) is 16.1. The van der Waals surface area contributed by atoms with Gasteiger partial charge in [0.05, 0.1) is 19.3 Å². The molecule has 7 nitrogen and oxygen atoms in total. The van der Waals surface area contributed by atoms with Crippen LogP contribution in [-0.2, 0) is 9.47 Å². The summed E-state index contributed by atoms with van der Waals surface area (Å²) in [6.07, 6.45) is 1.19. The van der Waals surface area contributed by atoms with E-state index in [9.17, 15) is 0 Å². The van der Waals surface area contributed by atoms with Gasteiger partial charge in [-0.3, -0.25) is 0 Å². The highest BCUT2D eigenvalue weighted by atomic mass is 16.5. The Hall–Kier alpha value is -1.47. The summed E-state index contributed by atoms with van der Waals surface area (Å²) in [5.74, 6) is 2.31. The van der Waals surface area contributed by atoms with Gasteiger partial charge < -0.3 is 19.7 Å². The Labute approximate surface area is 132 Å². The summed E-state index contributed by atoms with van der Waals surface area (Å²) in [7, 11) is 3.85. The molecule has 0 aromatic carbocycles. The van der Waals surface area contributed by atoms with Gasteiger partial charge in [0.2, 0.25) is 11.9 Å². The molecule has 2 rings (SSSR count). The highest BCUT2D eigenvalue weighted by Crippen LogP contribution is 2.16. The van der Waals surface area contributed by atoms with Gasteiger partial charge in [0.25, 0.3) is 0 Å². The summed E-state index contributed by atoms with van der Waals surface area (Å²) in [6.45, 7) is 8.30. The first-order valence-electron chi connectivity index (χ1n) is 7.85. The smallest absolute Gasteiger partial charge is 0.229 e. The van der Waals surface area contributed by atoms with Crippen molar-refractivity contribution in [3.8, 4) is 0 Å². The molecular formula is C15H27N5O2. The molecule has 1 aliphatic rings. The van der Waals surface area contributed by atoms with Gasteiger partial charge in [-0.15, -0.1) is 0 Å². The zero-order valence-corrected chi connectivity index (χ0v) is 14.2. The molecule has 0 aliphatic carbocycles. The third-order valence-corrected chi connectivity index (χ3v) is 3.40. The van der Waals surface area contributed by atoms with Crippen molar-refractivity contribution in [2.75, 3.05) is 44.1 Å². The number of hydrogen-bond donors (Lipinski definition) is 1. The van der Waals surface area contributed by atoms with Crippen LogP contribution in [0.5, 0.6) is 0 Å². The molecule has 0 saturated carbocycles. The maximum Gasteiger partial charge on any atom is 0.229 e. The Morgan fingerprint density at radius 2 is 2.05 bits per heavy atom. The molecule has 124 valence electrons. The molecular weight excluding hydrogens is 282 g/mol. The molecule has 1 aliphatic heterocycles. The average molecular weight is 309 g/mol. The molecule has 2 atom stereocenters. The average Bonchev–Trinajstić information content (AvgIpc) is 2.98. The van der Waals surface area contributed by atoms with Crippen LogP contribution in [0, 0.1) is 0 Å². The van der Waals surface area contributed by atoms with E-state index in [0.29, 0.717) is 25.1 Å². The minimum Gasteiger partial charge on any atom is -0.379 e. The van der Waals surface area contributed by atoms with Crippen LogP contribution in [-0.4, -0.2) is 61.0 Å². The summed E-state index contributed by atoms with van der Waals surface area (Å²) >= 11 is 0. The molecule has 0 bridgehead atoms. The van der Waals surface area contributed by atoms with Crippen LogP contribution >= 0.6 is 0 Å². The SMILES string of the molecule is CC(COC1CCOC1)Nc1nc(C(C)C)nc(N(C)C)n1. The summed E-state index contributed by atoms with van der Waals surface area (Å²) in [6, 6.07) is 0.123. The van der Waals surface area contributed by atoms with Crippen LogP contribution in [0.3, 0.4) is 0 Å². The minimum atomic E-state index is 0.123. The lowest BCUT2D eigenvalue weighted by Gasteiger charge is -2.19. The lowest BCUT2D eigenvalue weighted by atomic mass is 10.2. The van der Waals surface area contributed by atoms with Crippen LogP contribution in [0.4, 0.5) is 11.9 Å². The van der Waals surface area contributed by atoms with Crippen molar-refractivity contribution in [1.82, 2.24) is 15.0 Å². The largest absolute Gasteiger partial charge is 0.379 e. The van der Waals surface area contributed by atoms with Gasteiger partial charge in [-0.1, -0.05) is 13.8 Å². The highest BCUT2D eigenvalue weighted by Gasteiger charge is 2.18. The van der Waals surface area contributed by atoms with E-state index in [1.165, 1.54) is 0 Å². The van der Waals surface area contributed by atoms with E-state index in [1.807, 2.05) is 19.0 Å². The summed E-state index contributed by atoms with van der Waals surface area (Å²) in [5.41, 5.74) is 0. The lowest BCUT2D eigenvalue weighted by Crippen LogP contribution is -2.27. The van der Waals surface area contributed by atoms with Crippen LogP contribution in [0.15, 0.2) is 0 Å². The van der Waals surface area contributed by atoms with Gasteiger partial charge in [0.1, 0.15) is 5.82 Å². The zero-order valence-electron chi connectivity index (χ0n) is 14.2. The first-order valence-corrected chi connectivity index (χ1v) is 7.85. The second kappa shape index (κ2) is 7.69. The Morgan fingerprint density at radius 3 is 2.64 bits per heavy atom. The van der Waals surface area contributed by atoms with E-state index in [1.54, 1.807) is 0 Å². The third kappa shape index (κ3) is 4.78. The Balaban J connectivity index is 1.97. The van der Waals surface area contributed by atoms with E-state index in [2.05, 4.69) is 41.0 Å². The van der Waals surface area contributed by atoms with Crippen molar-refractivity contribution in [1.29, 1.82) is 0 Å². The van der Waals surface area contributed by atoms with Crippen molar-refractivity contribution < 1.29 is 9.47 Å². The van der Waals surface area contributed by atoms with Crippen LogP contribution in [0.2, 0.25) is 0 Å². The van der Waals surface area contributed by atoms with Gasteiger partial charge in [-0.25, -0.2) is 0 Å². The quantitative estimate of drug-likeness (QED) is 0.821. The van der Waals surface area contributed by atoms with Crippen LogP contribution in [0.1, 0.15) is 38.9 Å². The first kappa shape index (κ1) is 16.9. The van der Waals surface area contributed by atoms with Crippen molar-refractivity contribution in [2.45, 2.75) is 45.3 Å². The molecule has 1 fully saturated rings. The van der Waals surface area contributed by atoms with E-state index in [4.69, 9.17) is 9.47 Å². The van der Waals surface area contributed by atoms with Crippen molar-refractivity contribution in [3.63, 3.8) is 0 Å². The maximum atomic E-state index is 5.82. The van der Waals surface area contributed by atoms with Gasteiger partial charge >= 0.3 is 0 Å². The topological polar surface area (TPSA) is 72.4 Å². The van der Waals surface area contributed by atoms with Crippen molar-refractivity contribution in [3.05, 3.63) is 5.82 Å². The fourth-order valence-corrected chi connectivity index (χ4v) is 2.09. The second-order valence-electron chi connectivity index (χ2n) is 6.23. The number of nitrogens with one attached hydrogen (secondary N) is 1. The van der Waals surface area contributed by atoms with E-state index >= 15 is 0 Å². The van der Waals surface area contributed by atoms with Crippen LogP contribution in [0.25, 0.3) is 0 Å². The Morgan fingerprint density at radius 1 is 1.27 bits per heavy atom. The molecule has 0 amide bonds. The Kier molecular flexibility index (Phi) is 5.90. The molecule has 0 radical (unpaired) electrons. The van der Waals surface area contributed by atoms with Crippen molar-refractivity contribution in [2.24, 2.45) is 0 Å². The summed E-state index contributed by atoms with van der Waals surface area (Å²) in [5, 5.41) is 3.30. The molecule has 1 saturated heterocycles. The Bertz CT molecular complexity index is 449. The van der Waals surface area contributed by atoms with E-state index in [0.717, 1.165) is 18.9 Å². The normalized spacial score (nSPS) is 19.5. The molecule has 1 aromatic heterocycles. The molecule has 7 heteroatoms. The first-order chi connectivity index (χ1) is 10.5. The molecule has 2 heterocycles. The fourth-order valence-electron chi connectivity index (χ4n) is 2.09. The van der Waals surface area contributed by atoms with Gasteiger partial charge in [-0.05, 0) is 13.3 Å². The highest BCUT2D eigenvalue weighted by molar-refractivity contribution is 5.36. The predicted octanol–water partition coefficient (Wildman–Crippen LogP) is 1.67. The lowest BCUT2D eigenvalue weighted by molar-refractivity contribution is 0.0394. The molecule has 0 spiro atoms. The minimum absolute atomic E-state index is 0.123. The van der Waals surface area contributed by atoms with E-state index in [-0.39, 0.29) is 18.1 Å². The standard InChI is InChI=1S/C15H27N5O2/c1-10(2)13-17-14(19-15(18-13)20(4)5)16-11(3)8-22-12-6-7-21-9-12/h10-12H,6-9H2,1-5H3,(H,16,17,18,19). The summed E-state index contributed by atoms with van der Waals surface area (Å²) in [4.78, 5) is 15.3. The number of anilines is 2. The van der Waals surface area contributed by atoms with Crippen LogP contribution < -0.4 is 10.2 Å². The fraction of sp³-hybridized carbons (Fsp3) is 0.800. The molecule has 1 N–H and O–H groups in total. The number of rotatable bonds is 7. The molecule has 1 aromatic rings. The molecule has 2 unspecified atom stereocenters. The second-order valence-corrected chi connectivity index (χ2v) is 6.23. The van der Waals surface area contributed by atoms with Gasteiger partial charge in [0, 0.05) is 32.7 Å². The monoisotopic (exact) mass is 309 g/mol. The summed E-state index contributed by atoms with van der Waals surface area (Å²) < 4.78 is 11.1. The molecule has 22 heavy (non-hydrogen) atoms. The van der Waals surface area contributed by atoms with Gasteiger partial charge in [0.15, 0.2) is 0 Å². The number of hydrogen-bond acceptors (Lipinski definition) is 7. The predicted molar refractivity (Wildman–Crippen MR) is 86.5 cm³/mol. The van der Waals surface area contributed by atoms with Gasteiger partial charge in [-0.2, -0.15) is 15.0 Å².